The zero-order valence-corrected chi connectivity index (χ0v) is 8.89. The lowest BCUT2D eigenvalue weighted by Crippen LogP contribution is -2.30. The van der Waals surface area contributed by atoms with E-state index in [-0.39, 0.29) is 5.54 Å². The Morgan fingerprint density at radius 2 is 2.15 bits per heavy atom. The quantitative estimate of drug-likeness (QED) is 0.814. The number of aromatic nitrogens is 2. The van der Waals surface area contributed by atoms with E-state index in [1.807, 2.05) is 0 Å². The maximum atomic E-state index is 5.70. The Morgan fingerprint density at radius 1 is 1.46 bits per heavy atom. The third kappa shape index (κ3) is 3.19. The molecule has 0 spiro atoms. The van der Waals surface area contributed by atoms with Gasteiger partial charge in [-0.1, -0.05) is 18.5 Å². The van der Waals surface area contributed by atoms with E-state index in [4.69, 9.17) is 11.6 Å². The average molecular weight is 200 g/mol. The molecule has 13 heavy (non-hydrogen) atoms. The summed E-state index contributed by atoms with van der Waals surface area (Å²) in [5.74, 6) is 0.722. The highest BCUT2D eigenvalue weighted by Gasteiger charge is 2.14. The van der Waals surface area contributed by atoms with Crippen LogP contribution in [0.3, 0.4) is 0 Å². The van der Waals surface area contributed by atoms with Gasteiger partial charge in [-0.25, -0.2) is 4.98 Å². The molecule has 0 saturated heterocycles. The fourth-order valence-corrected chi connectivity index (χ4v) is 0.985. The van der Waals surface area contributed by atoms with Crippen LogP contribution in [0.25, 0.3) is 0 Å². The van der Waals surface area contributed by atoms with Gasteiger partial charge in [-0.05, 0) is 20.3 Å². The summed E-state index contributed by atoms with van der Waals surface area (Å²) < 4.78 is 0. The van der Waals surface area contributed by atoms with Crippen LogP contribution in [0.4, 0.5) is 5.82 Å². The van der Waals surface area contributed by atoms with Crippen molar-refractivity contribution < 1.29 is 0 Å². The van der Waals surface area contributed by atoms with Gasteiger partial charge in [0.25, 0.3) is 0 Å². The lowest BCUT2D eigenvalue weighted by molar-refractivity contribution is 0.544. The molecule has 1 N–H and O–H groups in total. The van der Waals surface area contributed by atoms with Crippen molar-refractivity contribution in [3.05, 3.63) is 17.5 Å². The lowest BCUT2D eigenvalue weighted by Gasteiger charge is -2.24. The number of halogens is 1. The van der Waals surface area contributed by atoms with Crippen molar-refractivity contribution in [2.45, 2.75) is 32.7 Å². The Hall–Kier alpha value is -0.830. The Morgan fingerprint density at radius 3 is 2.69 bits per heavy atom. The molecule has 0 unspecified atom stereocenters. The van der Waals surface area contributed by atoms with Gasteiger partial charge in [0, 0.05) is 5.54 Å². The van der Waals surface area contributed by atoms with Gasteiger partial charge in [-0.3, -0.25) is 4.98 Å². The molecule has 1 aromatic rings. The largest absolute Gasteiger partial charge is 0.364 e. The van der Waals surface area contributed by atoms with Crippen LogP contribution in [0.2, 0.25) is 5.15 Å². The molecule has 0 bridgehead atoms. The van der Waals surface area contributed by atoms with Crippen molar-refractivity contribution in [2.24, 2.45) is 0 Å². The second kappa shape index (κ2) is 3.92. The SMILES string of the molecule is CCC(C)(C)Nc1cncc(Cl)n1. The summed E-state index contributed by atoms with van der Waals surface area (Å²) >= 11 is 5.70. The fourth-order valence-electron chi connectivity index (χ4n) is 0.837. The van der Waals surface area contributed by atoms with E-state index in [0.717, 1.165) is 12.2 Å². The molecule has 0 saturated carbocycles. The van der Waals surface area contributed by atoms with E-state index in [0.29, 0.717) is 5.15 Å². The summed E-state index contributed by atoms with van der Waals surface area (Å²) in [6, 6.07) is 0. The van der Waals surface area contributed by atoms with Crippen LogP contribution in [0.5, 0.6) is 0 Å². The van der Waals surface area contributed by atoms with Crippen molar-refractivity contribution in [1.29, 1.82) is 0 Å². The highest BCUT2D eigenvalue weighted by atomic mass is 35.5. The van der Waals surface area contributed by atoms with Gasteiger partial charge in [-0.15, -0.1) is 0 Å². The van der Waals surface area contributed by atoms with Crippen molar-refractivity contribution in [2.75, 3.05) is 5.32 Å². The van der Waals surface area contributed by atoms with Crippen molar-refractivity contribution in [3.8, 4) is 0 Å². The maximum absolute atomic E-state index is 5.70. The third-order valence-corrected chi connectivity index (χ3v) is 2.14. The second-order valence-electron chi connectivity index (χ2n) is 3.59. The number of rotatable bonds is 3. The van der Waals surface area contributed by atoms with Gasteiger partial charge in [0.2, 0.25) is 0 Å². The number of hydrogen-bond acceptors (Lipinski definition) is 3. The first-order valence-corrected chi connectivity index (χ1v) is 4.67. The number of hydrogen-bond donors (Lipinski definition) is 1. The molecule has 1 aromatic heterocycles. The summed E-state index contributed by atoms with van der Waals surface area (Å²) in [6.45, 7) is 6.33. The zero-order valence-electron chi connectivity index (χ0n) is 8.13. The monoisotopic (exact) mass is 199 g/mol. The summed E-state index contributed by atoms with van der Waals surface area (Å²) in [5.41, 5.74) is 0.0271. The first kappa shape index (κ1) is 10.3. The predicted molar refractivity (Wildman–Crippen MR) is 55.0 cm³/mol. The van der Waals surface area contributed by atoms with Crippen molar-refractivity contribution in [3.63, 3.8) is 0 Å². The van der Waals surface area contributed by atoms with Crippen LogP contribution in [0.1, 0.15) is 27.2 Å². The van der Waals surface area contributed by atoms with Crippen molar-refractivity contribution >= 4 is 17.4 Å². The van der Waals surface area contributed by atoms with Crippen LogP contribution < -0.4 is 5.32 Å². The predicted octanol–water partition coefficient (Wildman–Crippen LogP) is 2.73. The summed E-state index contributed by atoms with van der Waals surface area (Å²) in [6.07, 6.45) is 4.20. The van der Waals surface area contributed by atoms with E-state index >= 15 is 0 Å². The van der Waals surface area contributed by atoms with E-state index in [9.17, 15) is 0 Å². The normalized spacial score (nSPS) is 11.4. The molecule has 0 aliphatic rings. The number of anilines is 1. The second-order valence-corrected chi connectivity index (χ2v) is 3.98. The molecule has 4 heteroatoms. The minimum absolute atomic E-state index is 0.0271. The van der Waals surface area contributed by atoms with Gasteiger partial charge in [0.05, 0.1) is 12.4 Å². The molecule has 0 aromatic carbocycles. The molecule has 3 nitrogen and oxygen atoms in total. The molecule has 1 rings (SSSR count). The van der Waals surface area contributed by atoms with Crippen LogP contribution in [0.15, 0.2) is 12.4 Å². The highest BCUT2D eigenvalue weighted by Crippen LogP contribution is 2.16. The first-order valence-electron chi connectivity index (χ1n) is 4.29. The van der Waals surface area contributed by atoms with Crippen LogP contribution in [-0.4, -0.2) is 15.5 Å². The maximum Gasteiger partial charge on any atom is 0.149 e. The molecule has 0 atom stereocenters. The molecule has 1 heterocycles. The van der Waals surface area contributed by atoms with Crippen molar-refractivity contribution in [1.82, 2.24) is 9.97 Å². The Labute approximate surface area is 83.5 Å². The zero-order chi connectivity index (χ0) is 9.90. The fraction of sp³-hybridized carbons (Fsp3) is 0.556. The molecule has 0 aliphatic carbocycles. The van der Waals surface area contributed by atoms with Crippen LogP contribution in [0, 0.1) is 0 Å². The molecule has 0 amide bonds. The van der Waals surface area contributed by atoms with Gasteiger partial charge in [0.1, 0.15) is 11.0 Å². The average Bonchev–Trinajstić information content (AvgIpc) is 2.03. The van der Waals surface area contributed by atoms with Gasteiger partial charge in [0.15, 0.2) is 0 Å². The number of nitrogens with one attached hydrogen (secondary N) is 1. The Bertz CT molecular complexity index is 286. The molecule has 72 valence electrons. The smallest absolute Gasteiger partial charge is 0.149 e. The minimum atomic E-state index is 0.0271. The molecule has 0 fully saturated rings. The minimum Gasteiger partial charge on any atom is -0.364 e. The highest BCUT2D eigenvalue weighted by molar-refractivity contribution is 6.29. The number of nitrogens with zero attached hydrogens (tertiary/aromatic N) is 2. The van der Waals surface area contributed by atoms with E-state index in [1.54, 1.807) is 6.20 Å². The first-order chi connectivity index (χ1) is 6.03. The van der Waals surface area contributed by atoms with E-state index < -0.39 is 0 Å². The topological polar surface area (TPSA) is 37.8 Å². The van der Waals surface area contributed by atoms with Crippen LogP contribution >= 0.6 is 11.6 Å². The summed E-state index contributed by atoms with van der Waals surface area (Å²) in [5, 5.41) is 3.66. The molecular weight excluding hydrogens is 186 g/mol. The Balaban J connectivity index is 2.74. The van der Waals surface area contributed by atoms with E-state index in [1.165, 1.54) is 6.20 Å². The molecular formula is C9H14ClN3. The third-order valence-electron chi connectivity index (χ3n) is 1.96. The summed E-state index contributed by atoms with van der Waals surface area (Å²) in [7, 11) is 0. The van der Waals surface area contributed by atoms with Gasteiger partial charge < -0.3 is 5.32 Å². The molecule has 0 radical (unpaired) electrons. The van der Waals surface area contributed by atoms with Crippen LogP contribution in [-0.2, 0) is 0 Å². The van der Waals surface area contributed by atoms with Gasteiger partial charge in [-0.2, -0.15) is 0 Å². The summed E-state index contributed by atoms with van der Waals surface area (Å²) in [4.78, 5) is 8.04. The van der Waals surface area contributed by atoms with Gasteiger partial charge >= 0.3 is 0 Å². The lowest BCUT2D eigenvalue weighted by atomic mass is 10.0. The van der Waals surface area contributed by atoms with E-state index in [2.05, 4.69) is 36.1 Å². The molecule has 0 aliphatic heterocycles. The standard InChI is InChI=1S/C9H14ClN3/c1-4-9(2,3)13-8-6-11-5-7(10)12-8/h5-6H,4H2,1-3H3,(H,12,13). The Kier molecular flexibility index (Phi) is 3.09.